The Morgan fingerprint density at radius 3 is 2.96 bits per heavy atom. The van der Waals surface area contributed by atoms with Crippen LogP contribution in [-0.2, 0) is 30.4 Å². The van der Waals surface area contributed by atoms with E-state index in [4.69, 9.17) is 20.2 Å². The average Bonchev–Trinajstić information content (AvgIpc) is 3.06. The fourth-order valence-corrected chi connectivity index (χ4v) is 4.12. The smallest absolute Gasteiger partial charge is 0.348 e. The van der Waals surface area contributed by atoms with Gasteiger partial charge in [0.25, 0.3) is 0 Å². The summed E-state index contributed by atoms with van der Waals surface area (Å²) in [5, 5.41) is 1.000. The van der Waals surface area contributed by atoms with Gasteiger partial charge in [0.15, 0.2) is 0 Å². The summed E-state index contributed by atoms with van der Waals surface area (Å²) in [6, 6.07) is 9.77. The van der Waals surface area contributed by atoms with Gasteiger partial charge in [0, 0.05) is 16.9 Å². The molecule has 1 aromatic carbocycles. The summed E-state index contributed by atoms with van der Waals surface area (Å²) in [4.78, 5) is 43.4. The van der Waals surface area contributed by atoms with Crippen LogP contribution in [0.15, 0.2) is 36.4 Å². The molecule has 1 amide bonds. The van der Waals surface area contributed by atoms with E-state index in [-0.39, 0.29) is 19.1 Å². The third-order valence-electron chi connectivity index (χ3n) is 5.48. The molecule has 3 atom stereocenters. The van der Waals surface area contributed by atoms with Crippen molar-refractivity contribution in [3.05, 3.63) is 47.7 Å². The number of carbonyl (C=O) groups is 3. The summed E-state index contributed by atoms with van der Waals surface area (Å²) in [7, 11) is 0. The van der Waals surface area contributed by atoms with Crippen LogP contribution < -0.4 is 5.73 Å². The topological polar surface area (TPSA) is 112 Å². The lowest BCUT2D eigenvalue weighted by Gasteiger charge is -2.39. The lowest BCUT2D eigenvalue weighted by atomic mass is 9.81. The number of cyclic esters (lactones) is 1. The Morgan fingerprint density at radius 2 is 2.14 bits per heavy atom. The van der Waals surface area contributed by atoms with Crippen molar-refractivity contribution in [2.24, 2.45) is 17.6 Å². The molecule has 5 rings (SSSR count). The van der Waals surface area contributed by atoms with Gasteiger partial charge in [-0.25, -0.2) is 9.78 Å². The second-order valence-electron chi connectivity index (χ2n) is 7.09. The molecule has 2 aromatic rings. The largest absolute Gasteiger partial charge is 0.462 e. The molecule has 0 aliphatic carbocycles. The maximum absolute atomic E-state index is 13.1. The quantitative estimate of drug-likeness (QED) is 0.760. The molecule has 8 nitrogen and oxygen atoms in total. The highest BCUT2D eigenvalue weighted by Crippen LogP contribution is 2.42. The predicted molar refractivity (Wildman–Crippen MR) is 97.1 cm³/mol. The number of nitrogens with zero attached hydrogens (tertiary/aromatic N) is 2. The summed E-state index contributed by atoms with van der Waals surface area (Å²) >= 11 is 0. The van der Waals surface area contributed by atoms with E-state index in [1.807, 2.05) is 36.4 Å². The Hall–Kier alpha value is -3.26. The SMILES string of the molecule is NCC(=O)OC1C(=O)OCC2C(=O)N3Cc4cc5ccccc5nc4C3=CC21. The van der Waals surface area contributed by atoms with Crippen LogP contribution in [0.4, 0.5) is 0 Å². The van der Waals surface area contributed by atoms with E-state index in [1.54, 1.807) is 4.90 Å². The van der Waals surface area contributed by atoms with Crippen LogP contribution in [-0.4, -0.2) is 47.0 Å². The first-order chi connectivity index (χ1) is 13.6. The van der Waals surface area contributed by atoms with Gasteiger partial charge in [-0.1, -0.05) is 24.3 Å². The van der Waals surface area contributed by atoms with Crippen LogP contribution >= 0.6 is 0 Å². The summed E-state index contributed by atoms with van der Waals surface area (Å²) in [5.41, 5.74) is 8.44. The van der Waals surface area contributed by atoms with E-state index in [0.717, 1.165) is 16.5 Å². The minimum atomic E-state index is -1.18. The standard InChI is InChI=1S/C20H17N3O5/c21-7-16(24)28-18-12-6-15-17-11(5-10-3-1-2-4-14(10)22-17)8-23(15)19(25)13(12)9-27-20(18)26/h1-6,12-13,18H,7-9,21H2. The molecule has 1 aromatic heterocycles. The Kier molecular flexibility index (Phi) is 3.70. The molecule has 1 fully saturated rings. The Bertz CT molecular complexity index is 1060. The first-order valence-electron chi connectivity index (χ1n) is 9.05. The van der Waals surface area contributed by atoms with Gasteiger partial charge in [-0.2, -0.15) is 0 Å². The van der Waals surface area contributed by atoms with Crippen molar-refractivity contribution >= 4 is 34.4 Å². The van der Waals surface area contributed by atoms with Crippen molar-refractivity contribution in [1.29, 1.82) is 0 Å². The van der Waals surface area contributed by atoms with Crippen molar-refractivity contribution < 1.29 is 23.9 Å². The minimum absolute atomic E-state index is 0.0367. The van der Waals surface area contributed by atoms with Crippen LogP contribution in [0, 0.1) is 11.8 Å². The van der Waals surface area contributed by atoms with Gasteiger partial charge in [-0.15, -0.1) is 0 Å². The molecule has 1 saturated heterocycles. The van der Waals surface area contributed by atoms with Crippen LogP contribution in [0.2, 0.25) is 0 Å². The molecule has 142 valence electrons. The van der Waals surface area contributed by atoms with E-state index in [1.165, 1.54) is 0 Å². The monoisotopic (exact) mass is 379 g/mol. The highest BCUT2D eigenvalue weighted by Gasteiger charge is 2.51. The van der Waals surface area contributed by atoms with Gasteiger partial charge in [-0.05, 0) is 12.1 Å². The number of benzene rings is 1. The first kappa shape index (κ1) is 16.9. The number of pyridine rings is 1. The maximum atomic E-state index is 13.1. The normalized spacial score (nSPS) is 25.5. The summed E-state index contributed by atoms with van der Waals surface area (Å²) in [6.45, 7) is 0.0292. The number of rotatable bonds is 2. The van der Waals surface area contributed by atoms with Crippen molar-refractivity contribution in [3.63, 3.8) is 0 Å². The maximum Gasteiger partial charge on any atom is 0.348 e. The summed E-state index contributed by atoms with van der Waals surface area (Å²) < 4.78 is 10.3. The number of esters is 2. The van der Waals surface area contributed by atoms with E-state index < -0.39 is 29.9 Å². The van der Waals surface area contributed by atoms with E-state index in [0.29, 0.717) is 17.9 Å². The van der Waals surface area contributed by atoms with Gasteiger partial charge in [0.2, 0.25) is 12.0 Å². The van der Waals surface area contributed by atoms with Gasteiger partial charge < -0.3 is 20.1 Å². The highest BCUT2D eigenvalue weighted by molar-refractivity contribution is 5.96. The fraction of sp³-hybridized carbons (Fsp3) is 0.300. The Labute approximate surface area is 159 Å². The summed E-state index contributed by atoms with van der Waals surface area (Å²) in [6.07, 6.45) is 0.632. The number of para-hydroxylation sites is 1. The van der Waals surface area contributed by atoms with E-state index in [9.17, 15) is 14.4 Å². The van der Waals surface area contributed by atoms with E-state index >= 15 is 0 Å². The van der Waals surface area contributed by atoms with Gasteiger partial charge in [-0.3, -0.25) is 9.59 Å². The number of hydrogen-bond donors (Lipinski definition) is 1. The number of fused-ring (bicyclic) bond motifs is 5. The number of nitrogens with two attached hydrogens (primary N) is 1. The van der Waals surface area contributed by atoms with Gasteiger partial charge in [0.1, 0.15) is 6.61 Å². The molecule has 0 radical (unpaired) electrons. The zero-order chi connectivity index (χ0) is 19.4. The average molecular weight is 379 g/mol. The van der Waals surface area contributed by atoms with Crippen LogP contribution in [0.3, 0.4) is 0 Å². The van der Waals surface area contributed by atoms with Gasteiger partial charge in [0.05, 0.1) is 35.9 Å². The highest BCUT2D eigenvalue weighted by atomic mass is 16.6. The van der Waals surface area contributed by atoms with Gasteiger partial charge >= 0.3 is 11.9 Å². The molecule has 3 unspecified atom stereocenters. The number of ether oxygens (including phenoxy) is 2. The lowest BCUT2D eigenvalue weighted by Crippen LogP contribution is -2.53. The zero-order valence-corrected chi connectivity index (χ0v) is 14.8. The predicted octanol–water partition coefficient (Wildman–Crippen LogP) is 0.591. The van der Waals surface area contributed by atoms with Crippen molar-refractivity contribution in [2.75, 3.05) is 13.2 Å². The number of aromatic nitrogens is 1. The second kappa shape index (κ2) is 6.13. The molecular formula is C20H17N3O5. The molecule has 0 bridgehead atoms. The molecule has 2 N–H and O–H groups in total. The number of amides is 1. The number of hydrogen-bond acceptors (Lipinski definition) is 7. The molecule has 0 saturated carbocycles. The van der Waals surface area contributed by atoms with Crippen molar-refractivity contribution in [1.82, 2.24) is 9.88 Å². The summed E-state index contributed by atoms with van der Waals surface area (Å²) in [5.74, 6) is -2.74. The fourth-order valence-electron chi connectivity index (χ4n) is 4.12. The van der Waals surface area contributed by atoms with Crippen LogP contribution in [0.1, 0.15) is 11.3 Å². The third-order valence-corrected chi connectivity index (χ3v) is 5.48. The molecule has 28 heavy (non-hydrogen) atoms. The van der Waals surface area contributed by atoms with Crippen LogP contribution in [0.5, 0.6) is 0 Å². The number of carbonyl (C=O) groups excluding carboxylic acids is 3. The second-order valence-corrected chi connectivity index (χ2v) is 7.09. The van der Waals surface area contributed by atoms with E-state index in [2.05, 4.69) is 0 Å². The van der Waals surface area contributed by atoms with Crippen LogP contribution in [0.25, 0.3) is 16.6 Å². The first-order valence-corrected chi connectivity index (χ1v) is 9.05. The van der Waals surface area contributed by atoms with Crippen molar-refractivity contribution in [3.8, 4) is 0 Å². The van der Waals surface area contributed by atoms with Crippen molar-refractivity contribution in [2.45, 2.75) is 12.6 Å². The molecule has 0 spiro atoms. The third kappa shape index (κ3) is 2.41. The molecule has 3 aliphatic rings. The Morgan fingerprint density at radius 1 is 1.32 bits per heavy atom. The molecule has 8 heteroatoms. The molecule has 4 heterocycles. The lowest BCUT2D eigenvalue weighted by molar-refractivity contribution is -0.183. The molecule has 3 aliphatic heterocycles. The minimum Gasteiger partial charge on any atom is -0.462 e. The zero-order valence-electron chi connectivity index (χ0n) is 14.8. The Balaban J connectivity index is 1.60. The molecular weight excluding hydrogens is 362 g/mol.